The first-order chi connectivity index (χ1) is 14.3. The molecule has 0 bridgehead atoms. The predicted molar refractivity (Wildman–Crippen MR) is 113 cm³/mol. The van der Waals surface area contributed by atoms with E-state index < -0.39 is 24.1 Å². The van der Waals surface area contributed by atoms with Crippen molar-refractivity contribution in [3.8, 4) is 0 Å². The number of methoxy groups -OCH3 is 1. The molecule has 9 heteroatoms. The van der Waals surface area contributed by atoms with Crippen molar-refractivity contribution in [3.63, 3.8) is 0 Å². The van der Waals surface area contributed by atoms with Crippen LogP contribution in [-0.4, -0.2) is 59.6 Å². The summed E-state index contributed by atoms with van der Waals surface area (Å²) in [6.07, 6.45) is 2.47. The lowest BCUT2D eigenvalue weighted by molar-refractivity contribution is -0.145. The summed E-state index contributed by atoms with van der Waals surface area (Å²) >= 11 is 7.70. The van der Waals surface area contributed by atoms with Gasteiger partial charge in [0.1, 0.15) is 6.04 Å². The zero-order valence-electron chi connectivity index (χ0n) is 17.0. The summed E-state index contributed by atoms with van der Waals surface area (Å²) in [7, 11) is 1.27. The molecule has 0 spiro atoms. The summed E-state index contributed by atoms with van der Waals surface area (Å²) in [5.41, 5.74) is 0.459. The molecule has 0 radical (unpaired) electrons. The molecule has 164 valence electrons. The molecule has 2 aliphatic rings. The topological polar surface area (TPSA) is 93.1 Å². The van der Waals surface area contributed by atoms with Crippen molar-refractivity contribution in [2.45, 2.75) is 48.8 Å². The van der Waals surface area contributed by atoms with Crippen molar-refractivity contribution < 1.29 is 29.0 Å². The second-order valence-electron chi connectivity index (χ2n) is 7.65. The number of halogens is 1. The SMILES string of the molecule is CCOC(=O)c1cc(Cl)ccc1SC1CCC2CN(C(=O)OC)C(C(=O)O)CC2C1. The number of carbonyl (C=O) groups excluding carboxylic acids is 2. The standard InChI is InChI=1S/C21H26ClNO6S/c1-3-29-20(26)16-10-14(22)5-7-18(16)30-15-6-4-12-11-23(21(27)28-2)17(19(24)25)9-13(12)8-15/h5,7,10,12-13,15,17H,3-4,6,8-9,11H2,1-2H3,(H,24,25). The van der Waals surface area contributed by atoms with E-state index in [2.05, 4.69) is 0 Å². The molecule has 7 nitrogen and oxygen atoms in total. The number of hydrogen-bond acceptors (Lipinski definition) is 6. The summed E-state index contributed by atoms with van der Waals surface area (Å²) in [6.45, 7) is 2.45. The number of fused-ring (bicyclic) bond motifs is 1. The first-order valence-electron chi connectivity index (χ1n) is 10.0. The van der Waals surface area contributed by atoms with E-state index in [9.17, 15) is 19.5 Å². The van der Waals surface area contributed by atoms with E-state index in [1.807, 2.05) is 6.07 Å². The van der Waals surface area contributed by atoms with Gasteiger partial charge in [-0.3, -0.25) is 4.90 Å². The highest BCUT2D eigenvalue weighted by molar-refractivity contribution is 8.00. The highest BCUT2D eigenvalue weighted by Gasteiger charge is 2.44. The fraction of sp³-hybridized carbons (Fsp3) is 0.571. The van der Waals surface area contributed by atoms with Crippen LogP contribution < -0.4 is 0 Å². The summed E-state index contributed by atoms with van der Waals surface area (Å²) in [5, 5.41) is 10.3. The van der Waals surface area contributed by atoms with Crippen molar-refractivity contribution in [3.05, 3.63) is 28.8 Å². The first-order valence-corrected chi connectivity index (χ1v) is 11.3. The van der Waals surface area contributed by atoms with Crippen LogP contribution >= 0.6 is 23.4 Å². The van der Waals surface area contributed by atoms with Gasteiger partial charge in [-0.25, -0.2) is 14.4 Å². The zero-order chi connectivity index (χ0) is 21.8. The smallest absolute Gasteiger partial charge is 0.410 e. The van der Waals surface area contributed by atoms with Gasteiger partial charge in [0, 0.05) is 21.7 Å². The van der Waals surface area contributed by atoms with Gasteiger partial charge in [0.2, 0.25) is 0 Å². The Morgan fingerprint density at radius 3 is 2.67 bits per heavy atom. The monoisotopic (exact) mass is 455 g/mol. The minimum Gasteiger partial charge on any atom is -0.480 e. The third-order valence-corrected chi connectivity index (χ3v) is 7.46. The molecule has 3 rings (SSSR count). The quantitative estimate of drug-likeness (QED) is 0.661. The Kier molecular flexibility index (Phi) is 7.52. The second-order valence-corrected chi connectivity index (χ2v) is 9.42. The summed E-state index contributed by atoms with van der Waals surface area (Å²) < 4.78 is 9.94. The Labute approximate surface area is 185 Å². The van der Waals surface area contributed by atoms with Crippen LogP contribution in [0, 0.1) is 11.8 Å². The number of thioether (sulfide) groups is 1. The van der Waals surface area contributed by atoms with E-state index >= 15 is 0 Å². The fourth-order valence-corrected chi connectivity index (χ4v) is 5.96. The van der Waals surface area contributed by atoms with E-state index in [1.165, 1.54) is 12.0 Å². The molecule has 0 aromatic heterocycles. The molecule has 1 aromatic carbocycles. The maximum atomic E-state index is 12.3. The van der Waals surface area contributed by atoms with Crippen LogP contribution in [0.2, 0.25) is 5.02 Å². The average molecular weight is 456 g/mol. The molecule has 1 aliphatic heterocycles. The molecule has 4 atom stereocenters. The molecular weight excluding hydrogens is 430 g/mol. The van der Waals surface area contributed by atoms with E-state index in [-0.39, 0.29) is 23.7 Å². The number of carboxylic acid groups (broad SMARTS) is 1. The minimum absolute atomic E-state index is 0.205. The largest absolute Gasteiger partial charge is 0.480 e. The number of amides is 1. The molecule has 1 amide bonds. The molecule has 1 saturated carbocycles. The van der Waals surface area contributed by atoms with Crippen molar-refractivity contribution >= 4 is 41.4 Å². The molecule has 1 saturated heterocycles. The predicted octanol–water partition coefficient (Wildman–Crippen LogP) is 4.32. The van der Waals surface area contributed by atoms with Crippen LogP contribution in [0.4, 0.5) is 4.79 Å². The Bertz CT molecular complexity index is 819. The van der Waals surface area contributed by atoms with Gasteiger partial charge in [-0.2, -0.15) is 0 Å². The number of piperidine rings is 1. The second kappa shape index (κ2) is 9.92. The lowest BCUT2D eigenvalue weighted by Crippen LogP contribution is -2.54. The maximum Gasteiger partial charge on any atom is 0.410 e. The van der Waals surface area contributed by atoms with Gasteiger partial charge in [-0.05, 0) is 62.6 Å². The van der Waals surface area contributed by atoms with Crippen LogP contribution in [0.1, 0.15) is 43.0 Å². The van der Waals surface area contributed by atoms with Gasteiger partial charge in [-0.15, -0.1) is 11.8 Å². The number of aliphatic carboxylic acids is 1. The highest BCUT2D eigenvalue weighted by Crippen LogP contribution is 2.45. The van der Waals surface area contributed by atoms with Gasteiger partial charge in [0.05, 0.1) is 19.3 Å². The molecule has 1 aliphatic carbocycles. The molecule has 30 heavy (non-hydrogen) atoms. The van der Waals surface area contributed by atoms with Crippen LogP contribution in [0.25, 0.3) is 0 Å². The number of rotatable bonds is 5. The summed E-state index contributed by atoms with van der Waals surface area (Å²) in [5.74, 6) is -0.938. The number of carbonyl (C=O) groups is 3. The van der Waals surface area contributed by atoms with E-state index in [0.717, 1.165) is 24.2 Å². The van der Waals surface area contributed by atoms with Crippen LogP contribution in [-0.2, 0) is 14.3 Å². The number of hydrogen-bond donors (Lipinski definition) is 1. The van der Waals surface area contributed by atoms with Crippen LogP contribution in [0.15, 0.2) is 23.1 Å². The van der Waals surface area contributed by atoms with Crippen LogP contribution in [0.3, 0.4) is 0 Å². The molecular formula is C21H26ClNO6S. The number of carboxylic acids is 1. The lowest BCUT2D eigenvalue weighted by atomic mass is 9.73. The zero-order valence-corrected chi connectivity index (χ0v) is 18.6. The van der Waals surface area contributed by atoms with Crippen molar-refractivity contribution in [1.82, 2.24) is 4.90 Å². The molecule has 1 aromatic rings. The number of ether oxygens (including phenoxy) is 2. The minimum atomic E-state index is -1.00. The number of nitrogens with zero attached hydrogens (tertiary/aromatic N) is 1. The molecule has 2 fully saturated rings. The Balaban J connectivity index is 1.72. The Morgan fingerprint density at radius 1 is 1.23 bits per heavy atom. The van der Waals surface area contributed by atoms with E-state index in [1.54, 1.807) is 30.8 Å². The maximum absolute atomic E-state index is 12.3. The molecule has 1 heterocycles. The van der Waals surface area contributed by atoms with Crippen molar-refractivity contribution in [2.24, 2.45) is 11.8 Å². The lowest BCUT2D eigenvalue weighted by Gasteiger charge is -2.45. The normalized spacial score (nSPS) is 25.9. The molecule has 1 N–H and O–H groups in total. The van der Waals surface area contributed by atoms with Gasteiger partial charge in [-0.1, -0.05) is 11.6 Å². The fourth-order valence-electron chi connectivity index (χ4n) is 4.42. The number of likely N-dealkylation sites (tertiary alicyclic amines) is 1. The van der Waals surface area contributed by atoms with E-state index in [4.69, 9.17) is 21.1 Å². The Morgan fingerprint density at radius 2 is 2.00 bits per heavy atom. The number of benzene rings is 1. The Hall–Kier alpha value is -1.93. The first kappa shape index (κ1) is 22.7. The summed E-state index contributed by atoms with van der Waals surface area (Å²) in [6, 6.07) is 4.36. The van der Waals surface area contributed by atoms with Crippen molar-refractivity contribution in [1.29, 1.82) is 0 Å². The number of esters is 1. The van der Waals surface area contributed by atoms with Crippen LogP contribution in [0.5, 0.6) is 0 Å². The summed E-state index contributed by atoms with van der Waals surface area (Å²) in [4.78, 5) is 38.2. The highest BCUT2D eigenvalue weighted by atomic mass is 35.5. The van der Waals surface area contributed by atoms with Gasteiger partial charge >= 0.3 is 18.0 Å². The molecule has 4 unspecified atom stereocenters. The third kappa shape index (κ3) is 5.03. The van der Waals surface area contributed by atoms with Gasteiger partial charge in [0.25, 0.3) is 0 Å². The van der Waals surface area contributed by atoms with Gasteiger partial charge in [0.15, 0.2) is 0 Å². The van der Waals surface area contributed by atoms with E-state index in [0.29, 0.717) is 23.6 Å². The van der Waals surface area contributed by atoms with Gasteiger partial charge < -0.3 is 14.6 Å². The average Bonchev–Trinajstić information content (AvgIpc) is 2.73. The van der Waals surface area contributed by atoms with Crippen molar-refractivity contribution in [2.75, 3.05) is 20.3 Å². The third-order valence-electron chi connectivity index (χ3n) is 5.85.